The highest BCUT2D eigenvalue weighted by Gasteiger charge is 2.27. The van der Waals surface area contributed by atoms with Crippen molar-refractivity contribution in [3.8, 4) is 11.4 Å². The van der Waals surface area contributed by atoms with Gasteiger partial charge in [0.2, 0.25) is 11.7 Å². The van der Waals surface area contributed by atoms with E-state index in [1.165, 1.54) is 12.1 Å². The van der Waals surface area contributed by atoms with Crippen LogP contribution in [0.3, 0.4) is 0 Å². The summed E-state index contributed by atoms with van der Waals surface area (Å²) in [6.45, 7) is 3.74. The summed E-state index contributed by atoms with van der Waals surface area (Å²) in [5.74, 6) is 5.04. The van der Waals surface area contributed by atoms with E-state index in [2.05, 4.69) is 36.0 Å². The van der Waals surface area contributed by atoms with Crippen LogP contribution in [0.4, 0.5) is 16.0 Å². The standard InChI is InChI=1S/C21H23FN6OS/c22-17-5-1-3-15(11-17)20-25-21(29-26-20)16-4-2-6-28(13-16)19-12-18(23-14-24-19)27-7-9-30-10-8-27/h1,3,5,11-12,14,16H,2,4,6-10,13H2. The number of hydrogen-bond acceptors (Lipinski definition) is 8. The van der Waals surface area contributed by atoms with Crippen molar-refractivity contribution < 1.29 is 8.91 Å². The van der Waals surface area contributed by atoms with Crippen LogP contribution in [-0.4, -0.2) is 57.8 Å². The quantitative estimate of drug-likeness (QED) is 0.627. The molecule has 0 radical (unpaired) electrons. The Morgan fingerprint density at radius 2 is 1.87 bits per heavy atom. The Hall–Kier alpha value is -2.68. The van der Waals surface area contributed by atoms with Crippen molar-refractivity contribution in [3.05, 3.63) is 48.4 Å². The number of rotatable bonds is 4. The van der Waals surface area contributed by atoms with Gasteiger partial charge < -0.3 is 14.3 Å². The minimum Gasteiger partial charge on any atom is -0.356 e. The summed E-state index contributed by atoms with van der Waals surface area (Å²) < 4.78 is 19.1. The van der Waals surface area contributed by atoms with Crippen molar-refractivity contribution in [2.24, 2.45) is 0 Å². The Balaban J connectivity index is 1.32. The molecular weight excluding hydrogens is 403 g/mol. The molecule has 2 aromatic heterocycles. The molecular formula is C21H23FN6OS. The molecule has 1 unspecified atom stereocenters. The summed E-state index contributed by atoms with van der Waals surface area (Å²) in [7, 11) is 0. The molecule has 2 aliphatic rings. The van der Waals surface area contributed by atoms with Crippen LogP contribution < -0.4 is 9.80 Å². The third-order valence-corrected chi connectivity index (χ3v) is 6.53. The number of hydrogen-bond donors (Lipinski definition) is 0. The van der Waals surface area contributed by atoms with E-state index in [0.717, 1.165) is 62.2 Å². The third-order valence-electron chi connectivity index (χ3n) is 5.59. The highest BCUT2D eigenvalue weighted by atomic mass is 32.2. The zero-order valence-electron chi connectivity index (χ0n) is 16.6. The summed E-state index contributed by atoms with van der Waals surface area (Å²) in [5.41, 5.74) is 0.623. The predicted octanol–water partition coefficient (Wildman–Crippen LogP) is 3.60. The van der Waals surface area contributed by atoms with E-state index in [-0.39, 0.29) is 11.7 Å². The molecule has 0 aliphatic carbocycles. The smallest absolute Gasteiger partial charge is 0.231 e. The van der Waals surface area contributed by atoms with Gasteiger partial charge in [0.15, 0.2) is 0 Å². The van der Waals surface area contributed by atoms with Crippen molar-refractivity contribution in [2.75, 3.05) is 47.5 Å². The first-order valence-electron chi connectivity index (χ1n) is 10.3. The number of aromatic nitrogens is 4. The van der Waals surface area contributed by atoms with Crippen molar-refractivity contribution in [3.63, 3.8) is 0 Å². The normalized spacial score (nSPS) is 19.8. The lowest BCUT2D eigenvalue weighted by atomic mass is 9.98. The van der Waals surface area contributed by atoms with Crippen LogP contribution in [0.2, 0.25) is 0 Å². The Kier molecular flexibility index (Phi) is 5.52. The molecule has 0 amide bonds. The fourth-order valence-corrected chi connectivity index (χ4v) is 4.91. The molecule has 0 N–H and O–H groups in total. The minimum atomic E-state index is -0.311. The number of anilines is 2. The van der Waals surface area contributed by atoms with Crippen LogP contribution in [0.1, 0.15) is 24.7 Å². The van der Waals surface area contributed by atoms with Crippen molar-refractivity contribution in [1.82, 2.24) is 20.1 Å². The van der Waals surface area contributed by atoms with E-state index in [1.54, 1.807) is 18.5 Å². The molecule has 3 aromatic rings. The van der Waals surface area contributed by atoms with Gasteiger partial charge in [0.05, 0.1) is 5.92 Å². The molecule has 5 rings (SSSR count). The Bertz CT molecular complexity index is 1010. The van der Waals surface area contributed by atoms with Crippen molar-refractivity contribution >= 4 is 23.4 Å². The van der Waals surface area contributed by atoms with Crippen molar-refractivity contribution in [1.29, 1.82) is 0 Å². The lowest BCUT2D eigenvalue weighted by Gasteiger charge is -2.33. The second kappa shape index (κ2) is 8.59. The van der Waals surface area contributed by atoms with Gasteiger partial charge in [0, 0.05) is 49.3 Å². The Morgan fingerprint density at radius 3 is 2.70 bits per heavy atom. The summed E-state index contributed by atoms with van der Waals surface area (Å²) >= 11 is 1.99. The lowest BCUT2D eigenvalue weighted by Crippen LogP contribution is -2.36. The number of benzene rings is 1. The predicted molar refractivity (Wildman–Crippen MR) is 115 cm³/mol. The molecule has 7 nitrogen and oxygen atoms in total. The molecule has 0 spiro atoms. The van der Waals surface area contributed by atoms with Gasteiger partial charge in [-0.25, -0.2) is 14.4 Å². The second-order valence-corrected chi connectivity index (χ2v) is 8.81. The van der Waals surface area contributed by atoms with Gasteiger partial charge in [-0.15, -0.1) is 0 Å². The van der Waals surface area contributed by atoms with E-state index in [4.69, 9.17) is 4.52 Å². The van der Waals surface area contributed by atoms with E-state index in [1.807, 2.05) is 11.8 Å². The molecule has 0 bridgehead atoms. The van der Waals surface area contributed by atoms with Gasteiger partial charge in [-0.1, -0.05) is 17.3 Å². The zero-order chi connectivity index (χ0) is 20.3. The number of nitrogens with zero attached hydrogens (tertiary/aromatic N) is 6. The SMILES string of the molecule is Fc1cccc(-c2noc(C3CCCN(c4cc(N5CCSCC5)ncn4)C3)n2)c1. The monoisotopic (exact) mass is 426 g/mol. The summed E-state index contributed by atoms with van der Waals surface area (Å²) in [6, 6.07) is 8.35. The number of piperidine rings is 1. The first-order chi connectivity index (χ1) is 14.8. The molecule has 9 heteroatoms. The van der Waals surface area contributed by atoms with E-state index in [9.17, 15) is 4.39 Å². The lowest BCUT2D eigenvalue weighted by molar-refractivity contribution is 0.333. The summed E-state index contributed by atoms with van der Waals surface area (Å²) in [4.78, 5) is 18.2. The van der Waals surface area contributed by atoms with E-state index >= 15 is 0 Å². The number of thioether (sulfide) groups is 1. The molecule has 1 aromatic carbocycles. The first-order valence-corrected chi connectivity index (χ1v) is 11.4. The molecule has 4 heterocycles. The van der Waals surface area contributed by atoms with Gasteiger partial charge in [0.1, 0.15) is 23.8 Å². The molecule has 2 aliphatic heterocycles. The topological polar surface area (TPSA) is 71.2 Å². The van der Waals surface area contributed by atoms with Gasteiger partial charge in [-0.05, 0) is 25.0 Å². The largest absolute Gasteiger partial charge is 0.356 e. The maximum Gasteiger partial charge on any atom is 0.231 e. The van der Waals surface area contributed by atoms with E-state index < -0.39 is 0 Å². The zero-order valence-corrected chi connectivity index (χ0v) is 17.4. The summed E-state index contributed by atoms with van der Waals surface area (Å²) in [5, 5.41) is 4.07. The summed E-state index contributed by atoms with van der Waals surface area (Å²) in [6.07, 6.45) is 3.65. The third kappa shape index (κ3) is 4.12. The van der Waals surface area contributed by atoms with Crippen LogP contribution in [0, 0.1) is 5.82 Å². The Morgan fingerprint density at radius 1 is 1.03 bits per heavy atom. The van der Waals surface area contributed by atoms with E-state index in [0.29, 0.717) is 17.3 Å². The highest BCUT2D eigenvalue weighted by molar-refractivity contribution is 7.99. The highest BCUT2D eigenvalue weighted by Crippen LogP contribution is 2.30. The van der Waals surface area contributed by atoms with Crippen LogP contribution in [0.15, 0.2) is 41.2 Å². The first kappa shape index (κ1) is 19.3. The minimum absolute atomic E-state index is 0.123. The van der Waals surface area contributed by atoms with Gasteiger partial charge in [-0.2, -0.15) is 16.7 Å². The maximum absolute atomic E-state index is 13.5. The fraction of sp³-hybridized carbons (Fsp3) is 0.429. The average Bonchev–Trinajstić information content (AvgIpc) is 3.30. The maximum atomic E-state index is 13.5. The van der Waals surface area contributed by atoms with Gasteiger partial charge in [-0.3, -0.25) is 0 Å². The second-order valence-electron chi connectivity index (χ2n) is 7.59. The average molecular weight is 427 g/mol. The molecule has 156 valence electrons. The van der Waals surface area contributed by atoms with Gasteiger partial charge >= 0.3 is 0 Å². The molecule has 2 fully saturated rings. The van der Waals surface area contributed by atoms with Crippen LogP contribution in [0.5, 0.6) is 0 Å². The molecule has 0 saturated carbocycles. The van der Waals surface area contributed by atoms with Crippen LogP contribution in [-0.2, 0) is 0 Å². The Labute approximate surface area is 178 Å². The molecule has 2 saturated heterocycles. The molecule has 1 atom stereocenters. The number of halogens is 1. The van der Waals surface area contributed by atoms with Crippen LogP contribution in [0.25, 0.3) is 11.4 Å². The molecule has 30 heavy (non-hydrogen) atoms. The van der Waals surface area contributed by atoms with Gasteiger partial charge in [0.25, 0.3) is 0 Å². The fourth-order valence-electron chi connectivity index (χ4n) is 4.01. The van der Waals surface area contributed by atoms with Crippen molar-refractivity contribution in [2.45, 2.75) is 18.8 Å². The van der Waals surface area contributed by atoms with Crippen LogP contribution >= 0.6 is 11.8 Å².